The molecular formula is C22H21FN4O4. The normalized spacial score (nSPS) is 18.6. The number of rotatable bonds is 5. The number of carbonyl (C=O) groups excluding carboxylic acids is 3. The molecule has 2 amide bonds. The molecule has 0 aliphatic carbocycles. The number of nitrogens with zero attached hydrogens (tertiary/aromatic N) is 2. The van der Waals surface area contributed by atoms with Gasteiger partial charge in [0.05, 0.1) is 35.6 Å². The lowest BCUT2D eigenvalue weighted by Gasteiger charge is -2.38. The number of aromatic nitrogens is 1. The molecule has 1 unspecified atom stereocenters. The minimum atomic E-state index is -0.776. The topological polar surface area (TPSA) is 127 Å². The molecule has 0 bridgehead atoms. The predicted molar refractivity (Wildman–Crippen MR) is 107 cm³/mol. The van der Waals surface area contributed by atoms with Crippen molar-refractivity contribution in [1.82, 2.24) is 9.88 Å². The molecule has 8 nitrogen and oxygen atoms in total. The molecule has 1 atom stereocenters. The van der Waals surface area contributed by atoms with Crippen molar-refractivity contribution in [1.29, 1.82) is 5.26 Å². The molecule has 3 N–H and O–H groups in total. The summed E-state index contributed by atoms with van der Waals surface area (Å²) in [5.41, 5.74) is 6.72. The number of benzene rings is 1. The van der Waals surface area contributed by atoms with E-state index in [9.17, 15) is 18.8 Å². The van der Waals surface area contributed by atoms with Gasteiger partial charge in [0.2, 0.25) is 0 Å². The van der Waals surface area contributed by atoms with E-state index in [1.165, 1.54) is 12.1 Å². The standard InChI is InChI=1S/C22H21FN4O4/c1-11-16(20(25)29)18-14(12-3-4-15(23)13(7-12)8-24)5-6-27(18)17(11)19(28)21(30)26-22(2)9-31-10-22/h3-4,7,14H,5-6,9-10H2,1-2H3,(H2,25,29)(H,26,30). The van der Waals surface area contributed by atoms with Gasteiger partial charge in [0.25, 0.3) is 17.6 Å². The molecule has 2 aliphatic rings. The van der Waals surface area contributed by atoms with Gasteiger partial charge in [0, 0.05) is 18.2 Å². The van der Waals surface area contributed by atoms with E-state index in [2.05, 4.69) is 5.32 Å². The quantitative estimate of drug-likeness (QED) is 0.556. The van der Waals surface area contributed by atoms with Gasteiger partial charge in [-0.15, -0.1) is 0 Å². The number of primary amides is 1. The maximum Gasteiger partial charge on any atom is 0.294 e. The zero-order chi connectivity index (χ0) is 22.5. The average molecular weight is 424 g/mol. The first-order valence-corrected chi connectivity index (χ1v) is 9.84. The summed E-state index contributed by atoms with van der Waals surface area (Å²) in [6.07, 6.45) is 0.514. The number of nitrogens with two attached hydrogens (primary N) is 1. The van der Waals surface area contributed by atoms with Crippen LogP contribution in [0.3, 0.4) is 0 Å². The van der Waals surface area contributed by atoms with E-state index >= 15 is 0 Å². The smallest absolute Gasteiger partial charge is 0.294 e. The van der Waals surface area contributed by atoms with Crippen molar-refractivity contribution in [2.24, 2.45) is 5.73 Å². The van der Waals surface area contributed by atoms with Gasteiger partial charge in [-0.1, -0.05) is 6.07 Å². The highest BCUT2D eigenvalue weighted by Gasteiger charge is 2.40. The number of nitrogens with one attached hydrogen (secondary N) is 1. The molecule has 1 aromatic carbocycles. The van der Waals surface area contributed by atoms with Crippen molar-refractivity contribution in [2.75, 3.05) is 13.2 Å². The van der Waals surface area contributed by atoms with E-state index in [1.807, 2.05) is 6.07 Å². The molecule has 4 rings (SSSR count). The molecule has 2 aromatic rings. The van der Waals surface area contributed by atoms with Crippen LogP contribution < -0.4 is 11.1 Å². The number of fused-ring (bicyclic) bond motifs is 1. The number of hydrogen-bond donors (Lipinski definition) is 2. The molecule has 1 fully saturated rings. The highest BCUT2D eigenvalue weighted by atomic mass is 19.1. The Morgan fingerprint density at radius 2 is 2.06 bits per heavy atom. The summed E-state index contributed by atoms with van der Waals surface area (Å²) in [7, 11) is 0. The van der Waals surface area contributed by atoms with Gasteiger partial charge in [-0.05, 0) is 43.5 Å². The Morgan fingerprint density at radius 3 is 2.65 bits per heavy atom. The van der Waals surface area contributed by atoms with E-state index in [1.54, 1.807) is 24.5 Å². The van der Waals surface area contributed by atoms with Gasteiger partial charge >= 0.3 is 0 Å². The fraction of sp³-hybridized carbons (Fsp3) is 0.364. The summed E-state index contributed by atoms with van der Waals surface area (Å²) in [4.78, 5) is 38.0. The molecule has 3 heterocycles. The van der Waals surface area contributed by atoms with E-state index in [-0.39, 0.29) is 22.7 Å². The van der Waals surface area contributed by atoms with Crippen LogP contribution in [0.4, 0.5) is 4.39 Å². The number of halogens is 1. The molecule has 1 saturated heterocycles. The van der Waals surface area contributed by atoms with Crippen molar-refractivity contribution in [2.45, 2.75) is 38.3 Å². The van der Waals surface area contributed by atoms with Gasteiger partial charge in [0.15, 0.2) is 0 Å². The fourth-order valence-corrected chi connectivity index (χ4v) is 4.45. The second kappa shape index (κ2) is 7.32. The van der Waals surface area contributed by atoms with Crippen LogP contribution in [0.2, 0.25) is 0 Å². The van der Waals surface area contributed by atoms with E-state index in [0.717, 1.165) is 0 Å². The molecule has 2 aliphatic heterocycles. The van der Waals surface area contributed by atoms with Gasteiger partial charge in [0.1, 0.15) is 11.9 Å². The SMILES string of the molecule is Cc1c(C(N)=O)c2n(c1C(=O)C(=O)NC1(C)COC1)CCC2c1ccc(F)c(C#N)c1. The van der Waals surface area contributed by atoms with E-state index in [4.69, 9.17) is 15.7 Å². The number of amides is 2. The summed E-state index contributed by atoms with van der Waals surface area (Å²) in [5.74, 6) is -3.24. The molecule has 31 heavy (non-hydrogen) atoms. The molecule has 0 radical (unpaired) electrons. The summed E-state index contributed by atoms with van der Waals surface area (Å²) in [5, 5.41) is 11.8. The summed E-state index contributed by atoms with van der Waals surface area (Å²) in [6.45, 7) is 4.38. The van der Waals surface area contributed by atoms with Crippen molar-refractivity contribution >= 4 is 17.6 Å². The van der Waals surface area contributed by atoms with Gasteiger partial charge in [-0.2, -0.15) is 5.26 Å². The molecule has 9 heteroatoms. The summed E-state index contributed by atoms with van der Waals surface area (Å²) < 4.78 is 20.5. The highest BCUT2D eigenvalue weighted by molar-refractivity contribution is 6.43. The van der Waals surface area contributed by atoms with Crippen LogP contribution in [0.15, 0.2) is 18.2 Å². The van der Waals surface area contributed by atoms with Crippen molar-refractivity contribution in [3.05, 3.63) is 57.7 Å². The molecule has 0 saturated carbocycles. The number of hydrogen-bond acceptors (Lipinski definition) is 5. The number of nitriles is 1. The predicted octanol–water partition coefficient (Wildman–Crippen LogP) is 1.53. The first-order chi connectivity index (χ1) is 14.7. The Bertz CT molecular complexity index is 1170. The molecule has 1 aromatic heterocycles. The zero-order valence-corrected chi connectivity index (χ0v) is 17.1. The van der Waals surface area contributed by atoms with Crippen LogP contribution in [0.1, 0.15) is 62.5 Å². The number of ether oxygens (including phenoxy) is 1. The first-order valence-electron chi connectivity index (χ1n) is 9.84. The number of carbonyl (C=O) groups is 3. The highest BCUT2D eigenvalue weighted by Crippen LogP contribution is 2.41. The summed E-state index contributed by atoms with van der Waals surface area (Å²) >= 11 is 0. The average Bonchev–Trinajstić information content (AvgIpc) is 3.23. The van der Waals surface area contributed by atoms with Crippen molar-refractivity contribution in [3.8, 4) is 6.07 Å². The third kappa shape index (κ3) is 3.29. The number of ketones is 1. The lowest BCUT2D eigenvalue weighted by molar-refractivity contribution is -0.126. The Kier molecular flexibility index (Phi) is 4.90. The van der Waals surface area contributed by atoms with E-state index in [0.29, 0.717) is 43.0 Å². The lowest BCUT2D eigenvalue weighted by Crippen LogP contribution is -2.61. The van der Waals surface area contributed by atoms with Crippen LogP contribution in [0, 0.1) is 24.1 Å². The van der Waals surface area contributed by atoms with Gasteiger partial charge < -0.3 is 20.4 Å². The Balaban J connectivity index is 1.78. The van der Waals surface area contributed by atoms with Gasteiger partial charge in [-0.3, -0.25) is 14.4 Å². The molecular weight excluding hydrogens is 403 g/mol. The third-order valence-electron chi connectivity index (χ3n) is 5.96. The van der Waals surface area contributed by atoms with Crippen molar-refractivity contribution < 1.29 is 23.5 Å². The van der Waals surface area contributed by atoms with Gasteiger partial charge in [-0.25, -0.2) is 4.39 Å². The molecule has 0 spiro atoms. The maximum absolute atomic E-state index is 13.8. The van der Waals surface area contributed by atoms with Crippen LogP contribution in [0.5, 0.6) is 0 Å². The molecule has 160 valence electrons. The summed E-state index contributed by atoms with van der Waals surface area (Å²) in [6, 6.07) is 6.01. The Morgan fingerprint density at radius 1 is 1.35 bits per heavy atom. The largest absolute Gasteiger partial charge is 0.376 e. The Labute approximate surface area is 177 Å². The zero-order valence-electron chi connectivity index (χ0n) is 17.1. The minimum absolute atomic E-state index is 0.105. The second-order valence-electron chi connectivity index (χ2n) is 8.28. The fourth-order valence-electron chi connectivity index (χ4n) is 4.45. The van der Waals surface area contributed by atoms with Crippen molar-refractivity contribution in [3.63, 3.8) is 0 Å². The van der Waals surface area contributed by atoms with E-state index < -0.39 is 29.0 Å². The number of Topliss-reactive ketones (excluding diaryl/α,β-unsaturated/α-hetero) is 1. The Hall–Kier alpha value is -3.51. The van der Waals surface area contributed by atoms with Crippen LogP contribution in [-0.4, -0.2) is 40.9 Å². The van der Waals surface area contributed by atoms with Crippen LogP contribution in [0.25, 0.3) is 0 Å². The first kappa shape index (κ1) is 20.8. The maximum atomic E-state index is 13.8. The van der Waals surface area contributed by atoms with Crippen LogP contribution in [-0.2, 0) is 16.1 Å². The minimum Gasteiger partial charge on any atom is -0.376 e. The lowest BCUT2D eigenvalue weighted by atomic mass is 9.90. The second-order valence-corrected chi connectivity index (χ2v) is 8.28. The van der Waals surface area contributed by atoms with Crippen LogP contribution >= 0.6 is 0 Å². The monoisotopic (exact) mass is 424 g/mol. The third-order valence-corrected chi connectivity index (χ3v) is 5.96.